The van der Waals surface area contributed by atoms with Crippen molar-refractivity contribution >= 4 is 22.9 Å². The summed E-state index contributed by atoms with van der Waals surface area (Å²) < 4.78 is 43.1. The molecule has 31 heavy (non-hydrogen) atoms. The number of Topliss-reactive ketones (excluding diaryl/α,β-unsaturated/α-hetero) is 2. The van der Waals surface area contributed by atoms with Gasteiger partial charge in [-0.05, 0) is 61.7 Å². The third-order valence-electron chi connectivity index (χ3n) is 5.56. The fourth-order valence-corrected chi connectivity index (χ4v) is 4.73. The molecule has 5 nitrogen and oxygen atoms in total. The van der Waals surface area contributed by atoms with Gasteiger partial charge in [-0.15, -0.1) is 24.5 Å². The third kappa shape index (κ3) is 4.14. The van der Waals surface area contributed by atoms with Crippen molar-refractivity contribution in [3.05, 3.63) is 59.0 Å². The van der Waals surface area contributed by atoms with Crippen LogP contribution in [0, 0.1) is 6.92 Å². The SMILES string of the molecule is Cc1cc(-c2cnc(CC(=O)C3(C)CCC(=O)c4cccn43)s2)ccc1OC(F)(F)F. The second kappa shape index (κ2) is 7.64. The molecule has 0 amide bonds. The first-order chi connectivity index (χ1) is 14.6. The van der Waals surface area contributed by atoms with Crippen LogP contribution in [0.3, 0.4) is 0 Å². The zero-order chi connectivity index (χ0) is 22.4. The van der Waals surface area contributed by atoms with E-state index in [1.54, 1.807) is 35.2 Å². The molecule has 0 saturated heterocycles. The van der Waals surface area contributed by atoms with Crippen molar-refractivity contribution < 1.29 is 27.5 Å². The zero-order valence-electron chi connectivity index (χ0n) is 16.8. The number of carbonyl (C=O) groups is 2. The van der Waals surface area contributed by atoms with Gasteiger partial charge in [0.15, 0.2) is 11.6 Å². The van der Waals surface area contributed by atoms with E-state index >= 15 is 0 Å². The molecule has 3 heterocycles. The summed E-state index contributed by atoms with van der Waals surface area (Å²) in [5, 5.41) is 0.611. The van der Waals surface area contributed by atoms with Gasteiger partial charge in [0, 0.05) is 18.8 Å². The van der Waals surface area contributed by atoms with Crippen LogP contribution < -0.4 is 4.74 Å². The highest BCUT2D eigenvalue weighted by Gasteiger charge is 2.40. The van der Waals surface area contributed by atoms with Crippen LogP contribution in [0.2, 0.25) is 0 Å². The quantitative estimate of drug-likeness (QED) is 0.530. The molecule has 1 atom stereocenters. The molecule has 2 aromatic heterocycles. The number of thiazole rings is 1. The summed E-state index contributed by atoms with van der Waals surface area (Å²) in [6.07, 6.45) is -0.512. The zero-order valence-corrected chi connectivity index (χ0v) is 17.6. The minimum Gasteiger partial charge on any atom is -0.406 e. The number of rotatable bonds is 5. The van der Waals surface area contributed by atoms with Crippen molar-refractivity contribution in [2.24, 2.45) is 0 Å². The van der Waals surface area contributed by atoms with E-state index in [4.69, 9.17) is 0 Å². The maximum Gasteiger partial charge on any atom is 0.573 e. The standard InChI is InChI=1S/C22H19F3N2O3S/c1-13-10-14(5-6-17(13)30-22(23,24)25)18-12-26-20(31-18)11-19(29)21(2)8-7-16(28)15-4-3-9-27(15)21/h3-6,9-10,12H,7-8,11H2,1-2H3. The number of ketones is 2. The summed E-state index contributed by atoms with van der Waals surface area (Å²) in [5.74, 6) is -0.262. The second-order valence-corrected chi connectivity index (χ2v) is 8.82. The Hall–Kier alpha value is -2.94. The van der Waals surface area contributed by atoms with E-state index < -0.39 is 11.9 Å². The molecule has 4 rings (SSSR count). The molecule has 0 bridgehead atoms. The number of ether oxygens (including phenoxy) is 1. The van der Waals surface area contributed by atoms with Crippen LogP contribution in [0.1, 0.15) is 40.8 Å². The van der Waals surface area contributed by atoms with Gasteiger partial charge in [-0.1, -0.05) is 0 Å². The summed E-state index contributed by atoms with van der Waals surface area (Å²) in [6, 6.07) is 7.90. The van der Waals surface area contributed by atoms with Crippen LogP contribution >= 0.6 is 11.3 Å². The maximum atomic E-state index is 13.1. The van der Waals surface area contributed by atoms with Crippen molar-refractivity contribution in [3.8, 4) is 16.2 Å². The fourth-order valence-electron chi connectivity index (χ4n) is 3.81. The molecule has 0 fully saturated rings. The summed E-state index contributed by atoms with van der Waals surface area (Å²) in [7, 11) is 0. The lowest BCUT2D eigenvalue weighted by Gasteiger charge is -2.34. The van der Waals surface area contributed by atoms with Gasteiger partial charge >= 0.3 is 6.36 Å². The molecular formula is C22H19F3N2O3S. The van der Waals surface area contributed by atoms with Crippen LogP contribution in [0.25, 0.3) is 10.4 Å². The van der Waals surface area contributed by atoms with E-state index in [1.165, 1.54) is 30.4 Å². The Morgan fingerprint density at radius 1 is 1.32 bits per heavy atom. The van der Waals surface area contributed by atoms with Crippen molar-refractivity contribution in [2.45, 2.75) is 45.0 Å². The summed E-state index contributed by atoms with van der Waals surface area (Å²) in [6.45, 7) is 3.37. The lowest BCUT2D eigenvalue weighted by Crippen LogP contribution is -2.44. The minimum absolute atomic E-state index is 0.0279. The van der Waals surface area contributed by atoms with Crippen molar-refractivity contribution in [1.29, 1.82) is 0 Å². The smallest absolute Gasteiger partial charge is 0.406 e. The largest absolute Gasteiger partial charge is 0.573 e. The number of hydrogen-bond donors (Lipinski definition) is 0. The molecule has 0 saturated carbocycles. The Kier molecular flexibility index (Phi) is 5.25. The van der Waals surface area contributed by atoms with E-state index in [1.807, 2.05) is 6.92 Å². The molecule has 0 N–H and O–H groups in total. The highest BCUT2D eigenvalue weighted by atomic mass is 32.1. The Balaban J connectivity index is 1.53. The van der Waals surface area contributed by atoms with E-state index in [0.29, 0.717) is 34.7 Å². The topological polar surface area (TPSA) is 61.2 Å². The van der Waals surface area contributed by atoms with E-state index in [2.05, 4.69) is 9.72 Å². The van der Waals surface area contributed by atoms with E-state index in [-0.39, 0.29) is 23.7 Å². The molecule has 3 aromatic rings. The van der Waals surface area contributed by atoms with Crippen LogP contribution in [-0.4, -0.2) is 27.5 Å². The van der Waals surface area contributed by atoms with Gasteiger partial charge in [-0.3, -0.25) is 9.59 Å². The minimum atomic E-state index is -4.75. The molecular weight excluding hydrogens is 429 g/mol. The van der Waals surface area contributed by atoms with Crippen LogP contribution in [0.5, 0.6) is 5.75 Å². The second-order valence-electron chi connectivity index (χ2n) is 7.71. The van der Waals surface area contributed by atoms with Crippen molar-refractivity contribution in [1.82, 2.24) is 9.55 Å². The van der Waals surface area contributed by atoms with Gasteiger partial charge in [-0.2, -0.15) is 0 Å². The number of alkyl halides is 3. The average Bonchev–Trinajstić information content (AvgIpc) is 3.36. The first kappa shape index (κ1) is 21.3. The lowest BCUT2D eigenvalue weighted by atomic mass is 9.84. The van der Waals surface area contributed by atoms with Crippen LogP contribution in [0.15, 0.2) is 42.7 Å². The number of fused-ring (bicyclic) bond motifs is 1. The number of halogens is 3. The molecule has 1 aliphatic rings. The summed E-state index contributed by atoms with van der Waals surface area (Å²) in [4.78, 5) is 30.3. The summed E-state index contributed by atoms with van der Waals surface area (Å²) in [5.41, 5.74) is 0.774. The predicted molar refractivity (Wildman–Crippen MR) is 109 cm³/mol. The van der Waals surface area contributed by atoms with E-state index in [0.717, 1.165) is 4.88 Å². The normalized spacial score (nSPS) is 18.7. The third-order valence-corrected chi connectivity index (χ3v) is 6.60. The Bertz CT molecular complexity index is 1160. The number of aromatic nitrogens is 2. The number of nitrogens with zero attached hydrogens (tertiary/aromatic N) is 2. The van der Waals surface area contributed by atoms with Gasteiger partial charge in [0.05, 0.1) is 17.0 Å². The van der Waals surface area contributed by atoms with Gasteiger partial charge in [0.1, 0.15) is 16.3 Å². The Morgan fingerprint density at radius 2 is 2.10 bits per heavy atom. The van der Waals surface area contributed by atoms with Crippen LogP contribution in [0.4, 0.5) is 13.2 Å². The van der Waals surface area contributed by atoms with Gasteiger partial charge in [0.2, 0.25) is 0 Å². The molecule has 0 spiro atoms. The number of benzene rings is 1. The van der Waals surface area contributed by atoms with Crippen molar-refractivity contribution in [2.75, 3.05) is 0 Å². The highest BCUT2D eigenvalue weighted by Crippen LogP contribution is 2.35. The molecule has 9 heteroatoms. The molecule has 1 aromatic carbocycles. The average molecular weight is 448 g/mol. The fraction of sp³-hybridized carbons (Fsp3) is 0.318. The molecule has 0 aliphatic carbocycles. The number of carbonyl (C=O) groups excluding carboxylic acids is 2. The Morgan fingerprint density at radius 3 is 2.81 bits per heavy atom. The number of hydrogen-bond acceptors (Lipinski definition) is 5. The summed E-state index contributed by atoms with van der Waals surface area (Å²) >= 11 is 1.32. The molecule has 1 aliphatic heterocycles. The first-order valence-electron chi connectivity index (χ1n) is 9.63. The maximum absolute atomic E-state index is 13.1. The molecule has 162 valence electrons. The lowest BCUT2D eigenvalue weighted by molar-refractivity contribution is -0.274. The molecule has 0 radical (unpaired) electrons. The number of aryl methyl sites for hydroxylation is 1. The Labute approximate surface area is 180 Å². The predicted octanol–water partition coefficient (Wildman–Crippen LogP) is 5.32. The van der Waals surface area contributed by atoms with Gasteiger partial charge in [-0.25, -0.2) is 4.98 Å². The molecule has 1 unspecified atom stereocenters. The highest BCUT2D eigenvalue weighted by molar-refractivity contribution is 7.15. The van der Waals surface area contributed by atoms with Gasteiger partial charge < -0.3 is 9.30 Å². The van der Waals surface area contributed by atoms with E-state index in [9.17, 15) is 22.8 Å². The van der Waals surface area contributed by atoms with Gasteiger partial charge in [0.25, 0.3) is 0 Å². The van der Waals surface area contributed by atoms with Crippen molar-refractivity contribution in [3.63, 3.8) is 0 Å². The monoisotopic (exact) mass is 448 g/mol. The first-order valence-corrected chi connectivity index (χ1v) is 10.4. The van der Waals surface area contributed by atoms with Crippen LogP contribution in [-0.2, 0) is 16.8 Å².